The maximum absolute atomic E-state index is 11.0. The Morgan fingerprint density at radius 3 is 1.73 bits per heavy atom. The van der Waals surface area contributed by atoms with Gasteiger partial charge in [-0.2, -0.15) is 0 Å². The van der Waals surface area contributed by atoms with Crippen molar-refractivity contribution in [2.24, 2.45) is 0 Å². The molecule has 0 N–H and O–H groups in total. The molecule has 0 aromatic heterocycles. The van der Waals surface area contributed by atoms with Crippen LogP contribution < -0.4 is 0 Å². The van der Waals surface area contributed by atoms with E-state index in [0.717, 1.165) is 12.2 Å². The molecule has 6 nitrogen and oxygen atoms in total. The second-order valence-corrected chi connectivity index (χ2v) is 4.58. The number of hydrogen-bond donors (Lipinski definition) is 0. The SMILES string of the molecule is C=CC(=O)OC(C)COCC(C)OCC(C)OC(=O)C=C.[CH3]. The lowest BCUT2D eigenvalue weighted by Gasteiger charge is -2.18. The Morgan fingerprint density at radius 2 is 1.27 bits per heavy atom. The molecule has 0 bridgehead atoms. The molecule has 0 saturated carbocycles. The van der Waals surface area contributed by atoms with E-state index in [4.69, 9.17) is 18.9 Å². The third-order valence-corrected chi connectivity index (χ3v) is 2.29. The molecule has 3 unspecified atom stereocenters. The van der Waals surface area contributed by atoms with Crippen LogP contribution in [0.2, 0.25) is 0 Å². The summed E-state index contributed by atoms with van der Waals surface area (Å²) in [6.07, 6.45) is 1.33. The highest BCUT2D eigenvalue weighted by Gasteiger charge is 2.11. The van der Waals surface area contributed by atoms with Crippen LogP contribution in [0.4, 0.5) is 0 Å². The van der Waals surface area contributed by atoms with Crippen LogP contribution in [0.15, 0.2) is 25.3 Å². The maximum Gasteiger partial charge on any atom is 0.330 e. The van der Waals surface area contributed by atoms with Gasteiger partial charge < -0.3 is 18.9 Å². The topological polar surface area (TPSA) is 71.1 Å². The van der Waals surface area contributed by atoms with Crippen LogP contribution in [-0.4, -0.2) is 50.1 Å². The lowest BCUT2D eigenvalue weighted by Crippen LogP contribution is -2.26. The first-order chi connectivity index (χ1) is 9.88. The van der Waals surface area contributed by atoms with E-state index in [1.165, 1.54) is 0 Å². The number of carbonyl (C=O) groups excluding carboxylic acids is 2. The second kappa shape index (κ2) is 13.0. The minimum atomic E-state index is -0.479. The Labute approximate surface area is 133 Å². The first-order valence-corrected chi connectivity index (χ1v) is 6.74. The van der Waals surface area contributed by atoms with Gasteiger partial charge >= 0.3 is 11.9 Å². The van der Waals surface area contributed by atoms with Crippen LogP contribution in [0.1, 0.15) is 20.8 Å². The smallest absolute Gasteiger partial charge is 0.330 e. The molecule has 0 aliphatic carbocycles. The monoisotopic (exact) mass is 315 g/mol. The summed E-state index contributed by atoms with van der Waals surface area (Å²) < 4.78 is 20.8. The van der Waals surface area contributed by atoms with Crippen molar-refractivity contribution in [3.05, 3.63) is 32.7 Å². The predicted octanol–water partition coefficient (Wildman–Crippen LogP) is 2.09. The molecule has 0 fully saturated rings. The van der Waals surface area contributed by atoms with E-state index in [-0.39, 0.29) is 39.0 Å². The molecule has 0 rings (SSSR count). The highest BCUT2D eigenvalue weighted by atomic mass is 16.6. The van der Waals surface area contributed by atoms with Gasteiger partial charge in [0, 0.05) is 12.2 Å². The van der Waals surface area contributed by atoms with Gasteiger partial charge in [-0.3, -0.25) is 0 Å². The van der Waals surface area contributed by atoms with Crippen LogP contribution in [0.3, 0.4) is 0 Å². The maximum atomic E-state index is 11.0. The van der Waals surface area contributed by atoms with Crippen molar-refractivity contribution in [3.63, 3.8) is 0 Å². The summed E-state index contributed by atoms with van der Waals surface area (Å²) in [4.78, 5) is 21.9. The molecule has 0 aromatic carbocycles. The Bertz CT molecular complexity index is 353. The molecular formula is C16H27O6. The van der Waals surface area contributed by atoms with Crippen LogP contribution in [-0.2, 0) is 28.5 Å². The number of hydrogen-bond acceptors (Lipinski definition) is 6. The number of esters is 2. The van der Waals surface area contributed by atoms with Gasteiger partial charge in [-0.25, -0.2) is 9.59 Å². The Morgan fingerprint density at radius 1 is 0.864 bits per heavy atom. The van der Waals surface area contributed by atoms with E-state index in [0.29, 0.717) is 6.61 Å². The van der Waals surface area contributed by atoms with Gasteiger partial charge in [0.25, 0.3) is 0 Å². The molecular weight excluding hydrogens is 288 g/mol. The van der Waals surface area contributed by atoms with E-state index in [1.807, 2.05) is 6.92 Å². The third-order valence-electron chi connectivity index (χ3n) is 2.29. The van der Waals surface area contributed by atoms with Crippen molar-refractivity contribution in [1.29, 1.82) is 0 Å². The molecule has 22 heavy (non-hydrogen) atoms. The highest BCUT2D eigenvalue weighted by molar-refractivity contribution is 5.81. The van der Waals surface area contributed by atoms with Crippen molar-refractivity contribution < 1.29 is 28.5 Å². The first kappa shape index (κ1) is 22.6. The van der Waals surface area contributed by atoms with Gasteiger partial charge in [0.15, 0.2) is 0 Å². The van der Waals surface area contributed by atoms with Crippen molar-refractivity contribution in [2.75, 3.05) is 19.8 Å². The fourth-order valence-corrected chi connectivity index (χ4v) is 1.31. The molecule has 6 heteroatoms. The van der Waals surface area contributed by atoms with Crippen LogP contribution in [0.25, 0.3) is 0 Å². The molecule has 0 aromatic rings. The Balaban J connectivity index is 0. The molecule has 3 atom stereocenters. The third kappa shape index (κ3) is 12.1. The molecule has 1 radical (unpaired) electrons. The minimum absolute atomic E-state index is 0. The molecule has 0 saturated heterocycles. The van der Waals surface area contributed by atoms with E-state index in [1.54, 1.807) is 13.8 Å². The summed E-state index contributed by atoms with van der Waals surface area (Å²) in [5.74, 6) is -0.957. The highest BCUT2D eigenvalue weighted by Crippen LogP contribution is 2.00. The van der Waals surface area contributed by atoms with Gasteiger partial charge in [0.1, 0.15) is 12.2 Å². The number of rotatable bonds is 11. The summed E-state index contributed by atoms with van der Waals surface area (Å²) in [7, 11) is 0. The normalized spacial score (nSPS) is 14.0. The van der Waals surface area contributed by atoms with E-state index in [9.17, 15) is 9.59 Å². The van der Waals surface area contributed by atoms with E-state index < -0.39 is 11.9 Å². The lowest BCUT2D eigenvalue weighted by molar-refractivity contribution is -0.149. The fourth-order valence-electron chi connectivity index (χ4n) is 1.31. The van der Waals surface area contributed by atoms with Gasteiger partial charge in [0.05, 0.1) is 25.9 Å². The average Bonchev–Trinajstić information content (AvgIpc) is 2.44. The summed E-state index contributed by atoms with van der Waals surface area (Å²) in [6, 6.07) is 0. The fraction of sp³-hybridized carbons (Fsp3) is 0.562. The van der Waals surface area contributed by atoms with Crippen molar-refractivity contribution in [1.82, 2.24) is 0 Å². The van der Waals surface area contributed by atoms with Crippen LogP contribution >= 0.6 is 0 Å². The Kier molecular flexibility index (Phi) is 13.4. The van der Waals surface area contributed by atoms with Gasteiger partial charge in [-0.15, -0.1) is 0 Å². The molecule has 0 aliphatic heterocycles. The molecule has 0 spiro atoms. The first-order valence-electron chi connectivity index (χ1n) is 6.74. The zero-order valence-electron chi connectivity index (χ0n) is 13.9. The second-order valence-electron chi connectivity index (χ2n) is 4.58. The van der Waals surface area contributed by atoms with Gasteiger partial charge in [-0.1, -0.05) is 20.6 Å². The van der Waals surface area contributed by atoms with Crippen molar-refractivity contribution >= 4 is 11.9 Å². The summed E-state index contributed by atoms with van der Waals surface area (Å²) in [5, 5.41) is 0. The Hall–Kier alpha value is -1.66. The zero-order valence-corrected chi connectivity index (χ0v) is 13.9. The summed E-state index contributed by atoms with van der Waals surface area (Å²) in [6.45, 7) is 12.8. The van der Waals surface area contributed by atoms with E-state index in [2.05, 4.69) is 13.2 Å². The molecule has 0 heterocycles. The van der Waals surface area contributed by atoms with Crippen LogP contribution in [0.5, 0.6) is 0 Å². The van der Waals surface area contributed by atoms with E-state index >= 15 is 0 Å². The predicted molar refractivity (Wildman–Crippen MR) is 84.1 cm³/mol. The summed E-state index contributed by atoms with van der Waals surface area (Å²) in [5.41, 5.74) is 0. The molecule has 0 amide bonds. The standard InChI is InChI=1S/C15H24O6.CH3/c1-6-14(16)20-12(4)9-18-8-11(3)19-10-13(5)21-15(17)7-2;/h6-7,11-13H,1-2,8-10H2,3-5H3;1H3. The average molecular weight is 315 g/mol. The number of ether oxygens (including phenoxy) is 4. The lowest BCUT2D eigenvalue weighted by atomic mass is 10.4. The molecule has 0 aliphatic rings. The quantitative estimate of drug-likeness (QED) is 0.429. The largest absolute Gasteiger partial charge is 0.457 e. The summed E-state index contributed by atoms with van der Waals surface area (Å²) >= 11 is 0. The van der Waals surface area contributed by atoms with Crippen molar-refractivity contribution in [3.8, 4) is 0 Å². The van der Waals surface area contributed by atoms with Crippen molar-refractivity contribution in [2.45, 2.75) is 39.1 Å². The van der Waals surface area contributed by atoms with Gasteiger partial charge in [-0.05, 0) is 20.8 Å². The van der Waals surface area contributed by atoms with Gasteiger partial charge in [0.2, 0.25) is 0 Å². The minimum Gasteiger partial charge on any atom is -0.457 e. The number of carbonyl (C=O) groups is 2. The van der Waals surface area contributed by atoms with Crippen LogP contribution in [0, 0.1) is 7.43 Å². The molecule has 127 valence electrons. The zero-order chi connectivity index (χ0) is 16.3.